The molecular formula is C23H19BrN6OS. The lowest BCUT2D eigenvalue weighted by atomic mass is 10.2. The number of hydrogen-bond donors (Lipinski definition) is 2. The number of rotatable bonds is 8. The van der Waals surface area contributed by atoms with Gasteiger partial charge in [0.05, 0.1) is 12.0 Å². The molecule has 0 radical (unpaired) electrons. The lowest BCUT2D eigenvalue weighted by Crippen LogP contribution is -2.27. The van der Waals surface area contributed by atoms with Gasteiger partial charge in [-0.25, -0.2) is 10.5 Å². The number of aromatic nitrogens is 3. The molecule has 0 aliphatic rings. The first-order valence-electron chi connectivity index (χ1n) is 9.72. The van der Waals surface area contributed by atoms with E-state index in [1.807, 2.05) is 84.9 Å². The maximum Gasteiger partial charge on any atom is 0.242 e. The zero-order valence-corrected chi connectivity index (χ0v) is 19.3. The van der Waals surface area contributed by atoms with E-state index in [2.05, 4.69) is 41.6 Å². The standard InChI is InChI=1S/C23H19BrN6OS/c24-18-9-7-8-17(14-18)15-25-27-22-26-23(29-28-22)32-16-21(31)30(19-10-3-1-4-11-19)20-12-5-2-6-13-20/h1-15H,16H2,(H2,26,27,28,29)/b25-15+. The van der Waals surface area contributed by atoms with Crippen molar-refractivity contribution in [1.29, 1.82) is 0 Å². The fourth-order valence-electron chi connectivity index (χ4n) is 2.90. The van der Waals surface area contributed by atoms with E-state index in [9.17, 15) is 4.79 Å². The Bertz CT molecular complexity index is 1160. The summed E-state index contributed by atoms with van der Waals surface area (Å²) < 4.78 is 0.976. The van der Waals surface area contributed by atoms with Crippen LogP contribution in [0.2, 0.25) is 0 Å². The number of carbonyl (C=O) groups excluding carboxylic acids is 1. The Morgan fingerprint density at radius 1 is 1.03 bits per heavy atom. The molecule has 0 bridgehead atoms. The lowest BCUT2D eigenvalue weighted by Gasteiger charge is -2.22. The fourth-order valence-corrected chi connectivity index (χ4v) is 3.96. The van der Waals surface area contributed by atoms with E-state index < -0.39 is 0 Å². The summed E-state index contributed by atoms with van der Waals surface area (Å²) in [5.74, 6) is 0.510. The molecule has 32 heavy (non-hydrogen) atoms. The van der Waals surface area contributed by atoms with Gasteiger partial charge in [-0.15, -0.1) is 5.10 Å². The largest absolute Gasteiger partial charge is 0.280 e. The molecule has 4 aromatic rings. The summed E-state index contributed by atoms with van der Waals surface area (Å²) in [5, 5.41) is 11.5. The molecular weight excluding hydrogens is 488 g/mol. The quantitative estimate of drug-likeness (QED) is 0.188. The second kappa shape index (κ2) is 10.7. The summed E-state index contributed by atoms with van der Waals surface area (Å²) in [4.78, 5) is 19.1. The third kappa shape index (κ3) is 5.83. The monoisotopic (exact) mass is 506 g/mol. The van der Waals surface area contributed by atoms with Gasteiger partial charge in [0.25, 0.3) is 0 Å². The molecule has 0 fully saturated rings. The van der Waals surface area contributed by atoms with Crippen LogP contribution in [0.4, 0.5) is 17.3 Å². The Morgan fingerprint density at radius 3 is 2.38 bits per heavy atom. The van der Waals surface area contributed by atoms with Gasteiger partial charge in [0, 0.05) is 15.8 Å². The highest BCUT2D eigenvalue weighted by Gasteiger charge is 2.18. The number of hydrazone groups is 1. The van der Waals surface area contributed by atoms with E-state index in [-0.39, 0.29) is 11.7 Å². The second-order valence-electron chi connectivity index (χ2n) is 6.58. The van der Waals surface area contributed by atoms with Crippen molar-refractivity contribution in [2.75, 3.05) is 16.1 Å². The lowest BCUT2D eigenvalue weighted by molar-refractivity contribution is -0.115. The van der Waals surface area contributed by atoms with Crippen LogP contribution in [0, 0.1) is 0 Å². The minimum Gasteiger partial charge on any atom is -0.280 e. The van der Waals surface area contributed by atoms with Crippen LogP contribution in [0.1, 0.15) is 5.56 Å². The van der Waals surface area contributed by atoms with Crippen LogP contribution in [0.15, 0.2) is 99.7 Å². The number of carbonyl (C=O) groups is 1. The van der Waals surface area contributed by atoms with Crippen molar-refractivity contribution in [2.24, 2.45) is 5.10 Å². The molecule has 1 amide bonds. The Morgan fingerprint density at radius 2 is 1.72 bits per heavy atom. The number of hydrogen-bond acceptors (Lipinski definition) is 6. The molecule has 0 unspecified atom stereocenters. The third-order valence-electron chi connectivity index (χ3n) is 4.30. The van der Waals surface area contributed by atoms with E-state index in [0.29, 0.717) is 11.1 Å². The Balaban J connectivity index is 1.38. The predicted octanol–water partition coefficient (Wildman–Crippen LogP) is 5.47. The molecule has 160 valence electrons. The van der Waals surface area contributed by atoms with E-state index in [1.54, 1.807) is 11.1 Å². The van der Waals surface area contributed by atoms with Crippen molar-refractivity contribution >= 4 is 57.1 Å². The molecule has 1 aromatic heterocycles. The van der Waals surface area contributed by atoms with Gasteiger partial charge in [0.1, 0.15) is 0 Å². The SMILES string of the molecule is O=C(CSc1n[nH]c(N/N=C/c2cccc(Br)c2)n1)N(c1ccccc1)c1ccccc1. The number of aromatic amines is 1. The van der Waals surface area contributed by atoms with Crippen LogP contribution < -0.4 is 10.3 Å². The molecule has 4 rings (SSSR count). The molecule has 2 N–H and O–H groups in total. The molecule has 0 aliphatic heterocycles. The first-order valence-corrected chi connectivity index (χ1v) is 11.5. The van der Waals surface area contributed by atoms with Crippen LogP contribution in [0.5, 0.6) is 0 Å². The van der Waals surface area contributed by atoms with Gasteiger partial charge >= 0.3 is 0 Å². The molecule has 0 saturated carbocycles. The second-order valence-corrected chi connectivity index (χ2v) is 8.44. The number of benzene rings is 3. The highest BCUT2D eigenvalue weighted by molar-refractivity contribution is 9.10. The molecule has 7 nitrogen and oxygen atoms in total. The number of halogens is 1. The Labute approximate surface area is 198 Å². The van der Waals surface area contributed by atoms with Gasteiger partial charge in [-0.1, -0.05) is 76.2 Å². The van der Waals surface area contributed by atoms with Gasteiger partial charge < -0.3 is 0 Å². The Kier molecular flexibility index (Phi) is 7.31. The van der Waals surface area contributed by atoms with E-state index in [0.717, 1.165) is 21.4 Å². The maximum atomic E-state index is 13.1. The van der Waals surface area contributed by atoms with Crippen LogP contribution >= 0.6 is 27.7 Å². The molecule has 3 aromatic carbocycles. The van der Waals surface area contributed by atoms with Crippen molar-refractivity contribution in [3.8, 4) is 0 Å². The summed E-state index contributed by atoms with van der Waals surface area (Å²) in [5.41, 5.74) is 5.37. The van der Waals surface area contributed by atoms with Crippen molar-refractivity contribution in [3.63, 3.8) is 0 Å². The first-order chi connectivity index (χ1) is 15.7. The van der Waals surface area contributed by atoms with E-state index >= 15 is 0 Å². The highest BCUT2D eigenvalue weighted by atomic mass is 79.9. The zero-order chi connectivity index (χ0) is 22.2. The topological polar surface area (TPSA) is 86.3 Å². The zero-order valence-electron chi connectivity index (χ0n) is 16.9. The van der Waals surface area contributed by atoms with Crippen LogP contribution in [-0.2, 0) is 4.79 Å². The van der Waals surface area contributed by atoms with Crippen LogP contribution in [0.3, 0.4) is 0 Å². The molecule has 0 spiro atoms. The molecule has 1 heterocycles. The van der Waals surface area contributed by atoms with Crippen molar-refractivity contribution in [1.82, 2.24) is 15.2 Å². The average molecular weight is 507 g/mol. The van der Waals surface area contributed by atoms with E-state index in [1.165, 1.54) is 11.8 Å². The molecule has 0 saturated heterocycles. The number of thioether (sulfide) groups is 1. The van der Waals surface area contributed by atoms with Crippen LogP contribution in [0.25, 0.3) is 0 Å². The molecule has 0 atom stereocenters. The first kappa shape index (κ1) is 21.8. The van der Waals surface area contributed by atoms with Crippen LogP contribution in [-0.4, -0.2) is 33.1 Å². The predicted molar refractivity (Wildman–Crippen MR) is 132 cm³/mol. The number of H-pyrrole nitrogens is 1. The van der Waals surface area contributed by atoms with Gasteiger partial charge in [0.15, 0.2) is 0 Å². The molecule has 0 aliphatic carbocycles. The van der Waals surface area contributed by atoms with Gasteiger partial charge in [0.2, 0.25) is 17.0 Å². The van der Waals surface area contributed by atoms with Crippen molar-refractivity contribution < 1.29 is 4.79 Å². The van der Waals surface area contributed by atoms with Gasteiger partial charge in [-0.2, -0.15) is 10.1 Å². The van der Waals surface area contributed by atoms with E-state index in [4.69, 9.17) is 0 Å². The minimum atomic E-state index is -0.0700. The van der Waals surface area contributed by atoms with Gasteiger partial charge in [-0.3, -0.25) is 9.69 Å². The minimum absolute atomic E-state index is 0.0700. The van der Waals surface area contributed by atoms with Crippen molar-refractivity contribution in [2.45, 2.75) is 5.16 Å². The highest BCUT2D eigenvalue weighted by Crippen LogP contribution is 2.27. The van der Waals surface area contributed by atoms with Gasteiger partial charge in [-0.05, 0) is 42.0 Å². The summed E-state index contributed by atoms with van der Waals surface area (Å²) in [7, 11) is 0. The number of anilines is 3. The fraction of sp³-hybridized carbons (Fsp3) is 0.0435. The smallest absolute Gasteiger partial charge is 0.242 e. The molecule has 9 heteroatoms. The number of nitrogens with zero attached hydrogens (tertiary/aromatic N) is 4. The number of amides is 1. The number of para-hydroxylation sites is 2. The van der Waals surface area contributed by atoms with Crippen molar-refractivity contribution in [3.05, 3.63) is 95.0 Å². The summed E-state index contributed by atoms with van der Waals surface area (Å²) in [6.45, 7) is 0. The normalized spacial score (nSPS) is 10.9. The summed E-state index contributed by atoms with van der Waals surface area (Å²) in [6.07, 6.45) is 1.68. The summed E-state index contributed by atoms with van der Waals surface area (Å²) >= 11 is 4.68. The number of nitrogens with one attached hydrogen (secondary N) is 2. The maximum absolute atomic E-state index is 13.1. The third-order valence-corrected chi connectivity index (χ3v) is 5.63. The average Bonchev–Trinajstić information content (AvgIpc) is 3.27. The Hall–Kier alpha value is -3.43. The summed E-state index contributed by atoms with van der Waals surface area (Å²) in [6, 6.07) is 26.9.